The fourth-order valence-corrected chi connectivity index (χ4v) is 2.39. The van der Waals surface area contributed by atoms with Gasteiger partial charge in [0.1, 0.15) is 5.82 Å². The van der Waals surface area contributed by atoms with Crippen LogP contribution in [0.3, 0.4) is 0 Å². The summed E-state index contributed by atoms with van der Waals surface area (Å²) in [6, 6.07) is 6.95. The first-order chi connectivity index (χ1) is 8.56. The normalized spacial score (nSPS) is 14.3. The number of hydrogen-bond acceptors (Lipinski definition) is 2. The molecule has 0 aliphatic carbocycles. The molecule has 0 fully saturated rings. The lowest BCUT2D eigenvalue weighted by Gasteiger charge is -2.35. The lowest BCUT2D eigenvalue weighted by atomic mass is 9.85. The van der Waals surface area contributed by atoms with Crippen LogP contribution in [-0.4, -0.2) is 19.6 Å². The van der Waals surface area contributed by atoms with Crippen LogP contribution in [0.25, 0.3) is 0 Å². The Morgan fingerprint density at radius 2 is 1.94 bits per heavy atom. The summed E-state index contributed by atoms with van der Waals surface area (Å²) in [6.45, 7) is 8.61. The Kier molecular flexibility index (Phi) is 5.60. The Labute approximate surface area is 110 Å². The number of para-hydroxylation sites is 1. The fraction of sp³-hybridized carbons (Fsp3) is 0.600. The third kappa shape index (κ3) is 3.70. The molecule has 0 aliphatic heterocycles. The molecular weight excluding hydrogens is 227 g/mol. The van der Waals surface area contributed by atoms with Gasteiger partial charge in [0.15, 0.2) is 0 Å². The quantitative estimate of drug-likeness (QED) is 0.805. The third-order valence-corrected chi connectivity index (χ3v) is 3.49. The van der Waals surface area contributed by atoms with Crippen molar-refractivity contribution >= 4 is 5.69 Å². The SMILES string of the molecule is CCCC(C)(CN)CN(CC)c1ccccc1F. The van der Waals surface area contributed by atoms with E-state index >= 15 is 0 Å². The van der Waals surface area contributed by atoms with E-state index in [4.69, 9.17) is 5.73 Å². The average molecular weight is 252 g/mol. The molecule has 2 nitrogen and oxygen atoms in total. The zero-order valence-electron chi connectivity index (χ0n) is 11.7. The molecular formula is C15H25FN2. The fourth-order valence-electron chi connectivity index (χ4n) is 2.39. The second kappa shape index (κ2) is 6.74. The third-order valence-electron chi connectivity index (χ3n) is 3.49. The summed E-state index contributed by atoms with van der Waals surface area (Å²) in [4.78, 5) is 2.08. The molecule has 1 aromatic carbocycles. The molecule has 18 heavy (non-hydrogen) atoms. The van der Waals surface area contributed by atoms with E-state index in [0.29, 0.717) is 12.2 Å². The van der Waals surface area contributed by atoms with Crippen molar-refractivity contribution in [3.63, 3.8) is 0 Å². The minimum absolute atomic E-state index is 0.0487. The maximum atomic E-state index is 13.8. The summed E-state index contributed by atoms with van der Waals surface area (Å²) in [5.74, 6) is -0.157. The zero-order chi connectivity index (χ0) is 13.6. The Balaban J connectivity index is 2.88. The molecule has 1 unspecified atom stereocenters. The number of rotatable bonds is 7. The van der Waals surface area contributed by atoms with E-state index in [0.717, 1.165) is 25.9 Å². The molecule has 2 N–H and O–H groups in total. The van der Waals surface area contributed by atoms with Crippen molar-refractivity contribution in [2.24, 2.45) is 11.1 Å². The van der Waals surface area contributed by atoms with Crippen LogP contribution in [0.4, 0.5) is 10.1 Å². The van der Waals surface area contributed by atoms with Crippen LogP contribution in [0.5, 0.6) is 0 Å². The van der Waals surface area contributed by atoms with E-state index in [1.807, 2.05) is 12.1 Å². The molecule has 1 aromatic rings. The lowest BCUT2D eigenvalue weighted by Crippen LogP contribution is -2.41. The first kappa shape index (κ1) is 15.0. The highest BCUT2D eigenvalue weighted by molar-refractivity contribution is 5.47. The van der Waals surface area contributed by atoms with Gasteiger partial charge in [-0.15, -0.1) is 0 Å². The second-order valence-corrected chi connectivity index (χ2v) is 5.23. The van der Waals surface area contributed by atoms with E-state index in [1.54, 1.807) is 6.07 Å². The van der Waals surface area contributed by atoms with Gasteiger partial charge in [0, 0.05) is 13.1 Å². The Morgan fingerprint density at radius 3 is 2.44 bits per heavy atom. The van der Waals surface area contributed by atoms with Crippen LogP contribution < -0.4 is 10.6 Å². The number of anilines is 1. The predicted molar refractivity (Wildman–Crippen MR) is 76.4 cm³/mol. The van der Waals surface area contributed by atoms with Gasteiger partial charge in [-0.1, -0.05) is 32.4 Å². The minimum Gasteiger partial charge on any atom is -0.369 e. The summed E-state index contributed by atoms with van der Waals surface area (Å²) in [6.07, 6.45) is 2.16. The van der Waals surface area contributed by atoms with Gasteiger partial charge < -0.3 is 10.6 Å². The Hall–Kier alpha value is -1.09. The molecule has 102 valence electrons. The Bertz CT molecular complexity index is 367. The molecule has 0 aromatic heterocycles. The molecule has 1 atom stereocenters. The van der Waals surface area contributed by atoms with Gasteiger partial charge >= 0.3 is 0 Å². The molecule has 3 heteroatoms. The molecule has 0 saturated heterocycles. The highest BCUT2D eigenvalue weighted by Gasteiger charge is 2.25. The van der Waals surface area contributed by atoms with Crippen LogP contribution in [-0.2, 0) is 0 Å². The van der Waals surface area contributed by atoms with Gasteiger partial charge in [0.05, 0.1) is 5.69 Å². The van der Waals surface area contributed by atoms with Gasteiger partial charge in [-0.05, 0) is 37.4 Å². The van der Waals surface area contributed by atoms with Crippen molar-refractivity contribution < 1.29 is 4.39 Å². The number of nitrogens with two attached hydrogens (primary N) is 1. The number of halogens is 1. The summed E-state index contributed by atoms with van der Waals surface area (Å²) in [7, 11) is 0. The van der Waals surface area contributed by atoms with Crippen LogP contribution in [0.1, 0.15) is 33.6 Å². The molecule has 0 radical (unpaired) electrons. The van der Waals surface area contributed by atoms with Crippen LogP contribution >= 0.6 is 0 Å². The minimum atomic E-state index is -0.157. The first-order valence-electron chi connectivity index (χ1n) is 6.76. The zero-order valence-corrected chi connectivity index (χ0v) is 11.7. The van der Waals surface area contributed by atoms with Gasteiger partial charge in [-0.25, -0.2) is 4.39 Å². The maximum absolute atomic E-state index is 13.8. The van der Waals surface area contributed by atoms with Crippen molar-refractivity contribution in [1.29, 1.82) is 0 Å². The molecule has 0 aliphatic rings. The van der Waals surface area contributed by atoms with Crippen LogP contribution in [0, 0.1) is 11.2 Å². The molecule has 0 amide bonds. The predicted octanol–water partition coefficient (Wildman–Crippen LogP) is 3.42. The smallest absolute Gasteiger partial charge is 0.146 e. The summed E-state index contributed by atoms with van der Waals surface area (Å²) < 4.78 is 13.8. The summed E-state index contributed by atoms with van der Waals surface area (Å²) >= 11 is 0. The van der Waals surface area contributed by atoms with Crippen molar-refractivity contribution in [1.82, 2.24) is 0 Å². The summed E-state index contributed by atoms with van der Waals surface area (Å²) in [5, 5.41) is 0. The maximum Gasteiger partial charge on any atom is 0.146 e. The van der Waals surface area contributed by atoms with Crippen LogP contribution in [0.15, 0.2) is 24.3 Å². The highest BCUT2D eigenvalue weighted by Crippen LogP contribution is 2.27. The lowest BCUT2D eigenvalue weighted by molar-refractivity contribution is 0.307. The van der Waals surface area contributed by atoms with E-state index in [1.165, 1.54) is 6.07 Å². The number of benzene rings is 1. The van der Waals surface area contributed by atoms with Crippen LogP contribution in [0.2, 0.25) is 0 Å². The van der Waals surface area contributed by atoms with Gasteiger partial charge in [-0.2, -0.15) is 0 Å². The highest BCUT2D eigenvalue weighted by atomic mass is 19.1. The number of nitrogens with zero attached hydrogens (tertiary/aromatic N) is 1. The molecule has 0 bridgehead atoms. The van der Waals surface area contributed by atoms with Gasteiger partial charge in [0.2, 0.25) is 0 Å². The molecule has 1 rings (SSSR count). The molecule has 0 heterocycles. The number of hydrogen-bond donors (Lipinski definition) is 1. The second-order valence-electron chi connectivity index (χ2n) is 5.23. The van der Waals surface area contributed by atoms with E-state index < -0.39 is 0 Å². The van der Waals surface area contributed by atoms with Crippen molar-refractivity contribution in [2.75, 3.05) is 24.5 Å². The standard InChI is InChI=1S/C15H25FN2/c1-4-10-15(3,11-17)12-18(5-2)14-9-7-6-8-13(14)16/h6-9H,4-5,10-12,17H2,1-3H3. The van der Waals surface area contributed by atoms with E-state index in [9.17, 15) is 4.39 Å². The van der Waals surface area contributed by atoms with Crippen molar-refractivity contribution in [3.05, 3.63) is 30.1 Å². The first-order valence-corrected chi connectivity index (χ1v) is 6.76. The van der Waals surface area contributed by atoms with Gasteiger partial charge in [0.25, 0.3) is 0 Å². The van der Waals surface area contributed by atoms with E-state index in [2.05, 4.69) is 25.7 Å². The van der Waals surface area contributed by atoms with Crippen molar-refractivity contribution in [3.8, 4) is 0 Å². The topological polar surface area (TPSA) is 29.3 Å². The Morgan fingerprint density at radius 1 is 1.28 bits per heavy atom. The largest absolute Gasteiger partial charge is 0.369 e. The monoisotopic (exact) mass is 252 g/mol. The average Bonchev–Trinajstić information content (AvgIpc) is 2.37. The molecule has 0 spiro atoms. The summed E-state index contributed by atoms with van der Waals surface area (Å²) in [5.41, 5.74) is 6.62. The molecule has 0 saturated carbocycles. The van der Waals surface area contributed by atoms with E-state index in [-0.39, 0.29) is 11.2 Å². The van der Waals surface area contributed by atoms with Crippen molar-refractivity contribution in [2.45, 2.75) is 33.6 Å². The van der Waals surface area contributed by atoms with Gasteiger partial charge in [-0.3, -0.25) is 0 Å².